The van der Waals surface area contributed by atoms with Gasteiger partial charge < -0.3 is 9.30 Å². The number of rotatable bonds is 6. The fourth-order valence-electron chi connectivity index (χ4n) is 4.13. The van der Waals surface area contributed by atoms with Crippen molar-refractivity contribution in [2.24, 2.45) is 0 Å². The molecule has 0 radical (unpaired) electrons. The van der Waals surface area contributed by atoms with E-state index in [0.29, 0.717) is 11.8 Å². The number of ether oxygens (including phenoxy) is 1. The van der Waals surface area contributed by atoms with Gasteiger partial charge in [0.25, 0.3) is 5.56 Å². The molecule has 166 valence electrons. The minimum absolute atomic E-state index is 0.0556. The molecule has 2 heterocycles. The Labute approximate surface area is 188 Å². The molecule has 0 amide bonds. The Hall–Kier alpha value is -2.90. The van der Waals surface area contributed by atoms with E-state index in [2.05, 4.69) is 0 Å². The van der Waals surface area contributed by atoms with Crippen LogP contribution in [-0.4, -0.2) is 36.5 Å². The summed E-state index contributed by atoms with van der Waals surface area (Å²) in [5.41, 5.74) is 4.04. The topological polar surface area (TPSA) is 68.6 Å². The summed E-state index contributed by atoms with van der Waals surface area (Å²) in [6.45, 7) is 4.48. The Balaban J connectivity index is 1.24. The highest BCUT2D eigenvalue weighted by molar-refractivity contribution is 7.89. The number of sulfonamides is 1. The van der Waals surface area contributed by atoms with Gasteiger partial charge in [-0.2, -0.15) is 4.31 Å². The number of aromatic nitrogens is 1. The predicted molar refractivity (Wildman–Crippen MR) is 123 cm³/mol. The van der Waals surface area contributed by atoms with Gasteiger partial charge in [0.2, 0.25) is 10.0 Å². The van der Waals surface area contributed by atoms with E-state index in [9.17, 15) is 13.2 Å². The van der Waals surface area contributed by atoms with Crippen molar-refractivity contribution in [3.05, 3.63) is 82.3 Å². The summed E-state index contributed by atoms with van der Waals surface area (Å²) in [6, 6.07) is 18.8. The van der Waals surface area contributed by atoms with E-state index in [1.54, 1.807) is 12.1 Å². The van der Waals surface area contributed by atoms with Crippen molar-refractivity contribution in [3.63, 3.8) is 0 Å². The van der Waals surface area contributed by atoms with Crippen molar-refractivity contribution in [1.29, 1.82) is 0 Å². The zero-order valence-electron chi connectivity index (χ0n) is 18.2. The summed E-state index contributed by atoms with van der Waals surface area (Å²) < 4.78 is 35.0. The lowest BCUT2D eigenvalue weighted by Gasteiger charge is -2.37. The third-order valence-corrected chi connectivity index (χ3v) is 7.99. The molecule has 6 nitrogen and oxygen atoms in total. The van der Waals surface area contributed by atoms with Crippen LogP contribution in [-0.2, 0) is 10.0 Å². The summed E-state index contributed by atoms with van der Waals surface area (Å²) in [5.74, 6) is 0.508. The first-order valence-electron chi connectivity index (χ1n) is 10.9. The largest absolute Gasteiger partial charge is 0.487 e. The highest BCUT2D eigenvalue weighted by atomic mass is 32.2. The maximum absolute atomic E-state index is 13.0. The molecule has 0 unspecified atom stereocenters. The van der Waals surface area contributed by atoms with Crippen LogP contribution in [0.4, 0.5) is 0 Å². The second kappa shape index (κ2) is 7.90. The van der Waals surface area contributed by atoms with Gasteiger partial charge >= 0.3 is 0 Å². The molecule has 2 fully saturated rings. The Kier molecular flexibility index (Phi) is 5.18. The molecule has 2 aliphatic rings. The van der Waals surface area contributed by atoms with Gasteiger partial charge in [-0.1, -0.05) is 42.0 Å². The fourth-order valence-corrected chi connectivity index (χ4v) is 5.63. The number of pyridine rings is 1. The van der Waals surface area contributed by atoms with Crippen molar-refractivity contribution in [2.75, 3.05) is 13.1 Å². The molecule has 0 spiro atoms. The van der Waals surface area contributed by atoms with Crippen LogP contribution in [0.15, 0.2) is 70.4 Å². The molecule has 1 saturated heterocycles. The second-order valence-electron chi connectivity index (χ2n) is 8.72. The maximum atomic E-state index is 13.0. The van der Waals surface area contributed by atoms with E-state index in [4.69, 9.17) is 4.74 Å². The third-order valence-electron chi connectivity index (χ3n) is 6.14. The molecule has 1 aromatic heterocycles. The van der Waals surface area contributed by atoms with E-state index in [0.717, 1.165) is 29.7 Å². The SMILES string of the molecule is Cc1ccc(-c2ccc(S(=O)(=O)N3CC(Oc4cc(C)n(C5CC5)c(=O)c4)C3)cc2)cc1. The summed E-state index contributed by atoms with van der Waals surface area (Å²) in [6.07, 6.45) is 1.83. The molecule has 0 atom stereocenters. The van der Waals surface area contributed by atoms with E-state index >= 15 is 0 Å². The normalized spacial score (nSPS) is 17.2. The molecule has 0 N–H and O–H groups in total. The molecule has 1 saturated carbocycles. The molecule has 32 heavy (non-hydrogen) atoms. The van der Waals surface area contributed by atoms with Crippen molar-refractivity contribution < 1.29 is 13.2 Å². The van der Waals surface area contributed by atoms with Gasteiger partial charge in [-0.25, -0.2) is 8.42 Å². The molecule has 1 aliphatic carbocycles. The smallest absolute Gasteiger partial charge is 0.254 e. The van der Waals surface area contributed by atoms with E-state index in [1.165, 1.54) is 15.9 Å². The van der Waals surface area contributed by atoms with Crippen molar-refractivity contribution >= 4 is 10.0 Å². The van der Waals surface area contributed by atoms with Gasteiger partial charge in [-0.05, 0) is 56.0 Å². The van der Waals surface area contributed by atoms with E-state index < -0.39 is 10.0 Å². The lowest BCUT2D eigenvalue weighted by Crippen LogP contribution is -2.56. The number of benzene rings is 2. The van der Waals surface area contributed by atoms with Crippen LogP contribution in [0.3, 0.4) is 0 Å². The number of hydrogen-bond donors (Lipinski definition) is 0. The maximum Gasteiger partial charge on any atom is 0.254 e. The highest BCUT2D eigenvalue weighted by Gasteiger charge is 2.38. The molecule has 0 bridgehead atoms. The predicted octanol–water partition coefficient (Wildman–Crippen LogP) is 3.92. The fraction of sp³-hybridized carbons (Fsp3) is 0.320. The Morgan fingerprint density at radius 2 is 1.47 bits per heavy atom. The average Bonchev–Trinajstić information content (AvgIpc) is 3.55. The summed E-state index contributed by atoms with van der Waals surface area (Å²) >= 11 is 0. The van der Waals surface area contributed by atoms with Crippen molar-refractivity contribution in [3.8, 4) is 16.9 Å². The Bertz CT molecular complexity index is 1300. The van der Waals surface area contributed by atoms with Gasteiger partial charge in [0.05, 0.1) is 18.0 Å². The monoisotopic (exact) mass is 450 g/mol. The van der Waals surface area contributed by atoms with Crippen LogP contribution >= 0.6 is 0 Å². The Morgan fingerprint density at radius 3 is 2.03 bits per heavy atom. The number of hydrogen-bond acceptors (Lipinski definition) is 4. The molecule has 2 aromatic carbocycles. The number of nitrogens with zero attached hydrogens (tertiary/aromatic N) is 2. The van der Waals surface area contributed by atoms with E-state index in [-0.39, 0.29) is 29.6 Å². The lowest BCUT2D eigenvalue weighted by atomic mass is 10.0. The van der Waals surface area contributed by atoms with Gasteiger partial charge in [0.15, 0.2) is 0 Å². The Morgan fingerprint density at radius 1 is 0.875 bits per heavy atom. The van der Waals surface area contributed by atoms with Crippen molar-refractivity contribution in [2.45, 2.75) is 43.7 Å². The molecular weight excluding hydrogens is 424 g/mol. The van der Waals surface area contributed by atoms with Crippen LogP contribution in [0.1, 0.15) is 30.1 Å². The van der Waals surface area contributed by atoms with Gasteiger partial charge in [-0.3, -0.25) is 4.79 Å². The lowest BCUT2D eigenvalue weighted by molar-refractivity contribution is 0.0758. The summed E-state index contributed by atoms with van der Waals surface area (Å²) in [4.78, 5) is 12.6. The first-order valence-corrected chi connectivity index (χ1v) is 12.3. The standard InChI is InChI=1S/C25H26N2O4S/c1-17-3-5-19(6-4-17)20-7-11-24(12-8-20)32(29,30)26-15-23(16-26)31-22-13-18(2)27(21-9-10-21)25(28)14-22/h3-8,11-14,21,23H,9-10,15-16H2,1-2H3. The zero-order valence-corrected chi connectivity index (χ0v) is 19.0. The molecule has 1 aliphatic heterocycles. The summed E-state index contributed by atoms with van der Waals surface area (Å²) in [5, 5.41) is 0. The van der Waals surface area contributed by atoms with Gasteiger partial charge in [0.1, 0.15) is 11.9 Å². The minimum Gasteiger partial charge on any atom is -0.487 e. The zero-order chi connectivity index (χ0) is 22.5. The van der Waals surface area contributed by atoms with Crippen LogP contribution < -0.4 is 10.3 Å². The third kappa shape index (κ3) is 3.98. The molecule has 7 heteroatoms. The highest BCUT2D eigenvalue weighted by Crippen LogP contribution is 2.35. The summed E-state index contributed by atoms with van der Waals surface area (Å²) in [7, 11) is -3.57. The van der Waals surface area contributed by atoms with Gasteiger partial charge in [-0.15, -0.1) is 0 Å². The van der Waals surface area contributed by atoms with Gasteiger partial charge in [0, 0.05) is 17.8 Å². The van der Waals surface area contributed by atoms with Crippen LogP contribution in [0.5, 0.6) is 5.75 Å². The quantitative estimate of drug-likeness (QED) is 0.571. The molecule has 3 aromatic rings. The van der Waals surface area contributed by atoms with Crippen LogP contribution in [0.2, 0.25) is 0 Å². The first-order chi connectivity index (χ1) is 15.3. The van der Waals surface area contributed by atoms with E-state index in [1.807, 2.05) is 60.9 Å². The molecule has 5 rings (SSSR count). The first kappa shape index (κ1) is 21.0. The molecular formula is C25H26N2O4S. The number of aryl methyl sites for hydroxylation is 2. The van der Waals surface area contributed by atoms with Crippen LogP contribution in [0, 0.1) is 13.8 Å². The average molecular weight is 451 g/mol. The van der Waals surface area contributed by atoms with Crippen molar-refractivity contribution in [1.82, 2.24) is 8.87 Å². The second-order valence-corrected chi connectivity index (χ2v) is 10.7. The minimum atomic E-state index is -3.57. The van der Waals surface area contributed by atoms with Crippen LogP contribution in [0.25, 0.3) is 11.1 Å².